The number of likely N-dealkylation sites (N-methyl/N-ethyl adjacent to an activating group) is 1. The van der Waals surface area contributed by atoms with Gasteiger partial charge in [0.25, 0.3) is 0 Å². The van der Waals surface area contributed by atoms with Gasteiger partial charge in [0.1, 0.15) is 11.5 Å². The van der Waals surface area contributed by atoms with Crippen LogP contribution in [0.5, 0.6) is 11.5 Å². The third-order valence-corrected chi connectivity index (χ3v) is 2.72. The van der Waals surface area contributed by atoms with E-state index in [1.54, 1.807) is 20.3 Å². The van der Waals surface area contributed by atoms with Crippen molar-refractivity contribution in [2.24, 2.45) is 0 Å². The highest BCUT2D eigenvalue weighted by Crippen LogP contribution is 2.27. The van der Waals surface area contributed by atoms with Crippen LogP contribution < -0.4 is 14.8 Å². The van der Waals surface area contributed by atoms with Gasteiger partial charge < -0.3 is 19.9 Å². The minimum absolute atomic E-state index is 0.0168. The number of aliphatic hydroxyl groups is 1. The zero-order valence-electron chi connectivity index (χ0n) is 10.9. The third kappa shape index (κ3) is 3.61. The SMILES string of the molecule is CCNC(C)C(O)c1cc(OC)cc(OC)c1. The van der Waals surface area contributed by atoms with E-state index in [0.29, 0.717) is 11.5 Å². The molecule has 96 valence electrons. The average molecular weight is 239 g/mol. The van der Waals surface area contributed by atoms with Gasteiger partial charge in [0, 0.05) is 12.1 Å². The molecule has 4 nitrogen and oxygen atoms in total. The molecule has 2 unspecified atom stereocenters. The van der Waals surface area contributed by atoms with Gasteiger partial charge in [-0.2, -0.15) is 0 Å². The van der Waals surface area contributed by atoms with E-state index in [1.807, 2.05) is 26.0 Å². The van der Waals surface area contributed by atoms with Gasteiger partial charge in [-0.3, -0.25) is 0 Å². The quantitative estimate of drug-likeness (QED) is 0.794. The van der Waals surface area contributed by atoms with E-state index < -0.39 is 6.10 Å². The molecule has 0 heterocycles. The van der Waals surface area contributed by atoms with E-state index in [1.165, 1.54) is 0 Å². The maximum absolute atomic E-state index is 10.2. The van der Waals surface area contributed by atoms with Crippen LogP contribution in [0.3, 0.4) is 0 Å². The van der Waals surface area contributed by atoms with Crippen molar-refractivity contribution in [1.82, 2.24) is 5.32 Å². The summed E-state index contributed by atoms with van der Waals surface area (Å²) in [5.74, 6) is 1.36. The Bertz CT molecular complexity index is 332. The zero-order valence-corrected chi connectivity index (χ0v) is 10.9. The summed E-state index contributed by atoms with van der Waals surface area (Å²) in [6.07, 6.45) is -0.584. The number of methoxy groups -OCH3 is 2. The number of rotatable bonds is 6. The van der Waals surface area contributed by atoms with E-state index in [4.69, 9.17) is 9.47 Å². The van der Waals surface area contributed by atoms with Crippen molar-refractivity contribution >= 4 is 0 Å². The lowest BCUT2D eigenvalue weighted by atomic mass is 10.0. The van der Waals surface area contributed by atoms with E-state index in [0.717, 1.165) is 12.1 Å². The van der Waals surface area contributed by atoms with Crippen LogP contribution in [0.25, 0.3) is 0 Å². The normalized spacial score (nSPS) is 14.2. The van der Waals surface area contributed by atoms with Crippen LogP contribution in [0.2, 0.25) is 0 Å². The van der Waals surface area contributed by atoms with Gasteiger partial charge in [0.05, 0.1) is 20.3 Å². The predicted octanol–water partition coefficient (Wildman–Crippen LogP) is 1.74. The highest BCUT2D eigenvalue weighted by atomic mass is 16.5. The van der Waals surface area contributed by atoms with E-state index in [9.17, 15) is 5.11 Å². The number of hydrogen-bond donors (Lipinski definition) is 2. The zero-order chi connectivity index (χ0) is 12.8. The van der Waals surface area contributed by atoms with Crippen molar-refractivity contribution in [3.63, 3.8) is 0 Å². The Morgan fingerprint density at radius 2 is 1.71 bits per heavy atom. The van der Waals surface area contributed by atoms with Gasteiger partial charge in [-0.05, 0) is 31.2 Å². The summed E-state index contributed by atoms with van der Waals surface area (Å²) in [6.45, 7) is 4.77. The second-order valence-corrected chi connectivity index (χ2v) is 3.94. The number of hydrogen-bond acceptors (Lipinski definition) is 4. The van der Waals surface area contributed by atoms with Gasteiger partial charge in [0.2, 0.25) is 0 Å². The van der Waals surface area contributed by atoms with E-state index in [-0.39, 0.29) is 6.04 Å². The van der Waals surface area contributed by atoms with E-state index >= 15 is 0 Å². The summed E-state index contributed by atoms with van der Waals surface area (Å²) in [6, 6.07) is 5.41. The molecule has 0 radical (unpaired) electrons. The molecule has 0 fully saturated rings. The minimum Gasteiger partial charge on any atom is -0.497 e. The topological polar surface area (TPSA) is 50.7 Å². The van der Waals surface area contributed by atoms with Crippen LogP contribution in [0, 0.1) is 0 Å². The molecule has 1 aromatic rings. The first kappa shape index (κ1) is 13.8. The maximum atomic E-state index is 10.2. The summed E-state index contributed by atoms with van der Waals surface area (Å²) in [5, 5.41) is 13.4. The maximum Gasteiger partial charge on any atom is 0.122 e. The Labute approximate surface area is 103 Å². The van der Waals surface area contributed by atoms with Gasteiger partial charge in [0.15, 0.2) is 0 Å². The highest BCUT2D eigenvalue weighted by molar-refractivity contribution is 5.39. The highest BCUT2D eigenvalue weighted by Gasteiger charge is 2.17. The largest absolute Gasteiger partial charge is 0.497 e. The molecule has 17 heavy (non-hydrogen) atoms. The summed E-state index contributed by atoms with van der Waals surface area (Å²) >= 11 is 0. The Hall–Kier alpha value is -1.26. The van der Waals surface area contributed by atoms with Crippen LogP contribution in [0.15, 0.2) is 18.2 Å². The van der Waals surface area contributed by atoms with Crippen LogP contribution in [-0.2, 0) is 0 Å². The number of aliphatic hydroxyl groups excluding tert-OH is 1. The number of ether oxygens (including phenoxy) is 2. The van der Waals surface area contributed by atoms with Crippen molar-refractivity contribution in [3.8, 4) is 11.5 Å². The first-order chi connectivity index (χ1) is 8.12. The molecule has 2 N–H and O–H groups in total. The van der Waals surface area contributed by atoms with Crippen LogP contribution in [0.1, 0.15) is 25.5 Å². The molecule has 0 aliphatic carbocycles. The average Bonchev–Trinajstić information content (AvgIpc) is 2.37. The second-order valence-electron chi connectivity index (χ2n) is 3.94. The standard InChI is InChI=1S/C13H21NO3/c1-5-14-9(2)13(15)10-6-11(16-3)8-12(7-10)17-4/h6-9,13-15H,5H2,1-4H3. The second kappa shape index (κ2) is 6.47. The molecule has 1 rings (SSSR count). The molecular weight excluding hydrogens is 218 g/mol. The number of nitrogens with one attached hydrogen (secondary N) is 1. The first-order valence-corrected chi connectivity index (χ1v) is 5.76. The van der Waals surface area contributed by atoms with Crippen LogP contribution in [0.4, 0.5) is 0 Å². The fourth-order valence-electron chi connectivity index (χ4n) is 1.72. The fourth-order valence-corrected chi connectivity index (χ4v) is 1.72. The lowest BCUT2D eigenvalue weighted by molar-refractivity contribution is 0.136. The summed E-state index contributed by atoms with van der Waals surface area (Å²) in [7, 11) is 3.19. The van der Waals surface area contributed by atoms with Gasteiger partial charge in [-0.1, -0.05) is 6.92 Å². The van der Waals surface area contributed by atoms with Crippen molar-refractivity contribution in [3.05, 3.63) is 23.8 Å². The monoisotopic (exact) mass is 239 g/mol. The minimum atomic E-state index is -0.584. The molecule has 0 bridgehead atoms. The molecule has 0 aromatic heterocycles. The fraction of sp³-hybridized carbons (Fsp3) is 0.538. The lowest BCUT2D eigenvalue weighted by Gasteiger charge is -2.21. The van der Waals surface area contributed by atoms with Gasteiger partial charge in [-0.15, -0.1) is 0 Å². The molecule has 0 spiro atoms. The van der Waals surface area contributed by atoms with Gasteiger partial charge >= 0.3 is 0 Å². The summed E-state index contributed by atoms with van der Waals surface area (Å²) in [5.41, 5.74) is 0.787. The van der Waals surface area contributed by atoms with Crippen molar-refractivity contribution in [2.75, 3.05) is 20.8 Å². The van der Waals surface area contributed by atoms with Crippen molar-refractivity contribution in [2.45, 2.75) is 26.0 Å². The van der Waals surface area contributed by atoms with Crippen LogP contribution in [-0.4, -0.2) is 31.9 Å². The molecule has 1 aromatic carbocycles. The lowest BCUT2D eigenvalue weighted by Crippen LogP contribution is -2.31. The first-order valence-electron chi connectivity index (χ1n) is 5.76. The molecule has 0 saturated carbocycles. The predicted molar refractivity (Wildman–Crippen MR) is 67.6 cm³/mol. The van der Waals surface area contributed by atoms with Gasteiger partial charge in [-0.25, -0.2) is 0 Å². The molecule has 0 saturated heterocycles. The molecular formula is C13H21NO3. The van der Waals surface area contributed by atoms with Crippen LogP contribution >= 0.6 is 0 Å². The third-order valence-electron chi connectivity index (χ3n) is 2.72. The van der Waals surface area contributed by atoms with Crippen molar-refractivity contribution in [1.29, 1.82) is 0 Å². The van der Waals surface area contributed by atoms with Crippen molar-refractivity contribution < 1.29 is 14.6 Å². The molecule has 2 atom stereocenters. The molecule has 0 aliphatic rings. The number of benzene rings is 1. The Morgan fingerprint density at radius 1 is 1.18 bits per heavy atom. The summed E-state index contributed by atoms with van der Waals surface area (Å²) < 4.78 is 10.4. The summed E-state index contributed by atoms with van der Waals surface area (Å²) in [4.78, 5) is 0. The van der Waals surface area contributed by atoms with E-state index in [2.05, 4.69) is 5.32 Å². The Balaban J connectivity index is 2.95. The Morgan fingerprint density at radius 3 is 2.12 bits per heavy atom. The smallest absolute Gasteiger partial charge is 0.122 e. The molecule has 0 aliphatic heterocycles. The molecule has 4 heteroatoms. The Kier molecular flexibility index (Phi) is 5.25. The molecule has 0 amide bonds.